The SMILES string of the molecule is O=S(=O)(NC1CC[C@H]2CNC[C@H]2C1)c1ccc(F)c(F)c1. The maximum Gasteiger partial charge on any atom is 0.240 e. The van der Waals surface area contributed by atoms with Gasteiger partial charge in [-0.3, -0.25) is 0 Å². The third-order valence-corrected chi connectivity index (χ3v) is 5.99. The van der Waals surface area contributed by atoms with E-state index in [4.69, 9.17) is 0 Å². The highest BCUT2D eigenvalue weighted by atomic mass is 32.2. The average molecular weight is 316 g/mol. The number of nitrogens with one attached hydrogen (secondary N) is 2. The van der Waals surface area contributed by atoms with Crippen LogP contribution in [0.5, 0.6) is 0 Å². The highest BCUT2D eigenvalue weighted by molar-refractivity contribution is 7.89. The van der Waals surface area contributed by atoms with Crippen LogP contribution >= 0.6 is 0 Å². The molecule has 4 nitrogen and oxygen atoms in total. The molecular formula is C14H18F2N2O2S. The molecule has 3 rings (SSSR count). The van der Waals surface area contributed by atoms with E-state index in [1.54, 1.807) is 0 Å². The number of sulfonamides is 1. The largest absolute Gasteiger partial charge is 0.316 e. The first kappa shape index (κ1) is 14.9. The summed E-state index contributed by atoms with van der Waals surface area (Å²) in [6.45, 7) is 1.93. The molecule has 1 saturated carbocycles. The molecule has 2 fully saturated rings. The van der Waals surface area contributed by atoms with Gasteiger partial charge >= 0.3 is 0 Å². The molecular weight excluding hydrogens is 298 g/mol. The van der Waals surface area contributed by atoms with Gasteiger partial charge in [-0.15, -0.1) is 0 Å². The van der Waals surface area contributed by atoms with Crippen molar-refractivity contribution in [2.75, 3.05) is 13.1 Å². The minimum atomic E-state index is -3.80. The highest BCUT2D eigenvalue weighted by Gasteiger charge is 2.35. The predicted molar refractivity (Wildman–Crippen MR) is 74.2 cm³/mol. The molecule has 1 aliphatic heterocycles. The standard InChI is InChI=1S/C14H18F2N2O2S/c15-13-4-3-12(6-14(13)16)21(19,20)18-11-2-1-9-7-17-8-10(9)5-11/h3-4,6,9-11,17-18H,1-2,5,7-8H2/t9-,10+,11?/m0/s1. The zero-order valence-corrected chi connectivity index (χ0v) is 12.3. The van der Waals surface area contributed by atoms with Crippen LogP contribution in [0.25, 0.3) is 0 Å². The number of benzene rings is 1. The van der Waals surface area contributed by atoms with E-state index in [0.29, 0.717) is 11.8 Å². The second-order valence-electron chi connectivity index (χ2n) is 5.89. The van der Waals surface area contributed by atoms with Crippen LogP contribution in [0.4, 0.5) is 8.78 Å². The zero-order valence-electron chi connectivity index (χ0n) is 11.5. The second-order valence-corrected chi connectivity index (χ2v) is 7.60. The van der Waals surface area contributed by atoms with Crippen LogP contribution in [-0.2, 0) is 10.0 Å². The van der Waals surface area contributed by atoms with Crippen LogP contribution in [-0.4, -0.2) is 27.5 Å². The number of hydrogen-bond donors (Lipinski definition) is 2. The molecule has 116 valence electrons. The van der Waals surface area contributed by atoms with E-state index in [2.05, 4.69) is 10.0 Å². The Morgan fingerprint density at radius 3 is 2.62 bits per heavy atom. The molecule has 1 aromatic carbocycles. The fourth-order valence-corrected chi connectivity index (χ4v) is 4.63. The molecule has 2 aliphatic rings. The molecule has 3 atom stereocenters. The maximum absolute atomic E-state index is 13.2. The number of hydrogen-bond acceptors (Lipinski definition) is 3. The summed E-state index contributed by atoms with van der Waals surface area (Å²) >= 11 is 0. The Kier molecular flexibility index (Phi) is 3.98. The molecule has 0 amide bonds. The summed E-state index contributed by atoms with van der Waals surface area (Å²) in [4.78, 5) is -0.229. The minimum absolute atomic E-state index is 0.135. The van der Waals surface area contributed by atoms with Crippen LogP contribution in [0.1, 0.15) is 19.3 Å². The Bertz CT molecular complexity index is 636. The summed E-state index contributed by atoms with van der Waals surface area (Å²) in [6.07, 6.45) is 2.56. The van der Waals surface area contributed by atoms with Crippen molar-refractivity contribution in [3.8, 4) is 0 Å². The molecule has 1 saturated heterocycles. The Labute approximate surface area is 123 Å². The van der Waals surface area contributed by atoms with Gasteiger partial charge in [-0.25, -0.2) is 21.9 Å². The van der Waals surface area contributed by atoms with E-state index in [0.717, 1.165) is 50.6 Å². The third-order valence-electron chi connectivity index (χ3n) is 4.48. The lowest BCUT2D eigenvalue weighted by atomic mass is 9.79. The van der Waals surface area contributed by atoms with Gasteiger partial charge in [0.2, 0.25) is 10.0 Å². The van der Waals surface area contributed by atoms with Gasteiger partial charge in [-0.05, 0) is 62.4 Å². The fraction of sp³-hybridized carbons (Fsp3) is 0.571. The van der Waals surface area contributed by atoms with Crippen molar-refractivity contribution in [3.63, 3.8) is 0 Å². The van der Waals surface area contributed by atoms with Crippen LogP contribution < -0.4 is 10.0 Å². The fourth-order valence-electron chi connectivity index (χ4n) is 3.34. The first-order valence-corrected chi connectivity index (χ1v) is 8.62. The quantitative estimate of drug-likeness (QED) is 0.891. The summed E-state index contributed by atoms with van der Waals surface area (Å²) in [5, 5.41) is 3.32. The van der Waals surface area contributed by atoms with Crippen molar-refractivity contribution in [2.24, 2.45) is 11.8 Å². The molecule has 1 heterocycles. The van der Waals surface area contributed by atoms with Gasteiger partial charge in [-0.1, -0.05) is 0 Å². The number of halogens is 2. The molecule has 0 spiro atoms. The number of fused-ring (bicyclic) bond motifs is 1. The van der Waals surface area contributed by atoms with E-state index in [-0.39, 0.29) is 10.9 Å². The lowest BCUT2D eigenvalue weighted by Crippen LogP contribution is -2.40. The molecule has 0 aromatic heterocycles. The van der Waals surface area contributed by atoms with E-state index < -0.39 is 21.7 Å². The summed E-state index contributed by atoms with van der Waals surface area (Å²) in [6, 6.07) is 2.51. The number of rotatable bonds is 3. The van der Waals surface area contributed by atoms with E-state index in [9.17, 15) is 17.2 Å². The molecule has 7 heteroatoms. The van der Waals surface area contributed by atoms with Crippen molar-refractivity contribution in [3.05, 3.63) is 29.8 Å². The van der Waals surface area contributed by atoms with Gasteiger partial charge < -0.3 is 5.32 Å². The lowest BCUT2D eigenvalue weighted by Gasteiger charge is -2.31. The Balaban J connectivity index is 1.72. The van der Waals surface area contributed by atoms with Crippen molar-refractivity contribution in [1.29, 1.82) is 0 Å². The van der Waals surface area contributed by atoms with E-state index in [1.165, 1.54) is 0 Å². The molecule has 0 radical (unpaired) electrons. The summed E-state index contributed by atoms with van der Waals surface area (Å²) < 4.78 is 53.2. The summed E-state index contributed by atoms with van der Waals surface area (Å²) in [7, 11) is -3.80. The summed E-state index contributed by atoms with van der Waals surface area (Å²) in [5.74, 6) is -1.07. The van der Waals surface area contributed by atoms with Gasteiger partial charge in [0, 0.05) is 6.04 Å². The van der Waals surface area contributed by atoms with Crippen molar-refractivity contribution >= 4 is 10.0 Å². The van der Waals surface area contributed by atoms with Crippen molar-refractivity contribution in [1.82, 2.24) is 10.0 Å². The smallest absolute Gasteiger partial charge is 0.240 e. The Morgan fingerprint density at radius 2 is 1.86 bits per heavy atom. The van der Waals surface area contributed by atoms with Crippen LogP contribution in [0, 0.1) is 23.5 Å². The zero-order chi connectivity index (χ0) is 15.0. The van der Waals surface area contributed by atoms with Crippen LogP contribution in [0.15, 0.2) is 23.1 Å². The first-order valence-electron chi connectivity index (χ1n) is 7.14. The van der Waals surface area contributed by atoms with Gasteiger partial charge in [0.15, 0.2) is 11.6 Å². The van der Waals surface area contributed by atoms with Crippen LogP contribution in [0.2, 0.25) is 0 Å². The van der Waals surface area contributed by atoms with Crippen molar-refractivity contribution in [2.45, 2.75) is 30.2 Å². The van der Waals surface area contributed by atoms with Crippen LogP contribution in [0.3, 0.4) is 0 Å². The first-order chi connectivity index (χ1) is 9.95. The van der Waals surface area contributed by atoms with Gasteiger partial charge in [-0.2, -0.15) is 0 Å². The summed E-state index contributed by atoms with van der Waals surface area (Å²) in [5.41, 5.74) is 0. The van der Waals surface area contributed by atoms with E-state index in [1.807, 2.05) is 0 Å². The average Bonchev–Trinajstić information content (AvgIpc) is 2.88. The molecule has 1 aliphatic carbocycles. The molecule has 2 N–H and O–H groups in total. The monoisotopic (exact) mass is 316 g/mol. The lowest BCUT2D eigenvalue weighted by molar-refractivity contribution is 0.260. The Morgan fingerprint density at radius 1 is 1.10 bits per heavy atom. The minimum Gasteiger partial charge on any atom is -0.316 e. The van der Waals surface area contributed by atoms with Gasteiger partial charge in [0.1, 0.15) is 0 Å². The topological polar surface area (TPSA) is 58.2 Å². The second kappa shape index (κ2) is 5.62. The van der Waals surface area contributed by atoms with Gasteiger partial charge in [0.25, 0.3) is 0 Å². The molecule has 1 aromatic rings. The Hall–Kier alpha value is -1.05. The third kappa shape index (κ3) is 3.09. The normalized spacial score (nSPS) is 29.3. The predicted octanol–water partition coefficient (Wildman–Crippen LogP) is 1.63. The highest BCUT2D eigenvalue weighted by Crippen LogP contribution is 2.33. The molecule has 21 heavy (non-hydrogen) atoms. The molecule has 1 unspecified atom stereocenters. The van der Waals surface area contributed by atoms with E-state index >= 15 is 0 Å². The van der Waals surface area contributed by atoms with Gasteiger partial charge in [0.05, 0.1) is 4.90 Å². The molecule has 0 bridgehead atoms. The van der Waals surface area contributed by atoms with Crippen molar-refractivity contribution < 1.29 is 17.2 Å². The maximum atomic E-state index is 13.2.